The summed E-state index contributed by atoms with van der Waals surface area (Å²) in [5, 5.41) is 12.1. The molecule has 2 N–H and O–H groups in total. The Kier molecular flexibility index (Phi) is 5.85. The van der Waals surface area contributed by atoms with Crippen LogP contribution in [0.1, 0.15) is 33.6 Å². The fourth-order valence-electron chi connectivity index (χ4n) is 1.81. The summed E-state index contributed by atoms with van der Waals surface area (Å²) in [6.45, 7) is 6.95. The SMILES string of the molecule is CCC(CCO)Nc1nccn(CC(C)C)c1=O. The second-order valence-electron chi connectivity index (χ2n) is 4.89. The van der Waals surface area contributed by atoms with Gasteiger partial charge in [0, 0.05) is 31.6 Å². The average Bonchev–Trinajstić information content (AvgIpc) is 2.32. The van der Waals surface area contributed by atoms with Crippen LogP contribution >= 0.6 is 0 Å². The van der Waals surface area contributed by atoms with Crippen molar-refractivity contribution >= 4 is 5.82 Å². The molecule has 1 aromatic heterocycles. The predicted molar refractivity (Wildman–Crippen MR) is 72.7 cm³/mol. The van der Waals surface area contributed by atoms with E-state index in [0.29, 0.717) is 24.7 Å². The highest BCUT2D eigenvalue weighted by Gasteiger charge is 2.10. The smallest absolute Gasteiger partial charge is 0.293 e. The van der Waals surface area contributed by atoms with Crippen molar-refractivity contribution < 1.29 is 5.11 Å². The highest BCUT2D eigenvalue weighted by Crippen LogP contribution is 2.05. The lowest BCUT2D eigenvalue weighted by Gasteiger charge is -2.17. The van der Waals surface area contributed by atoms with Gasteiger partial charge in [-0.3, -0.25) is 4.79 Å². The zero-order chi connectivity index (χ0) is 13.5. The lowest BCUT2D eigenvalue weighted by molar-refractivity contribution is 0.278. The van der Waals surface area contributed by atoms with E-state index in [1.165, 1.54) is 0 Å². The molecule has 1 aromatic rings. The van der Waals surface area contributed by atoms with Crippen molar-refractivity contribution in [3.63, 3.8) is 0 Å². The maximum absolute atomic E-state index is 12.1. The molecule has 1 heterocycles. The van der Waals surface area contributed by atoms with E-state index in [2.05, 4.69) is 24.1 Å². The number of anilines is 1. The Morgan fingerprint density at radius 1 is 1.50 bits per heavy atom. The minimum absolute atomic E-state index is 0.0881. The van der Waals surface area contributed by atoms with Crippen LogP contribution in [0.5, 0.6) is 0 Å². The van der Waals surface area contributed by atoms with Crippen molar-refractivity contribution in [2.75, 3.05) is 11.9 Å². The summed E-state index contributed by atoms with van der Waals surface area (Å²) in [5.74, 6) is 0.788. The molecule has 0 aliphatic carbocycles. The summed E-state index contributed by atoms with van der Waals surface area (Å²) in [4.78, 5) is 16.2. The van der Waals surface area contributed by atoms with Crippen LogP contribution < -0.4 is 10.9 Å². The number of aliphatic hydroxyl groups is 1. The molecule has 1 unspecified atom stereocenters. The second kappa shape index (κ2) is 7.16. The number of rotatable bonds is 7. The molecule has 102 valence electrons. The van der Waals surface area contributed by atoms with Crippen molar-refractivity contribution in [2.45, 2.75) is 46.2 Å². The Bertz CT molecular complexity index is 415. The molecule has 18 heavy (non-hydrogen) atoms. The highest BCUT2D eigenvalue weighted by atomic mass is 16.3. The van der Waals surface area contributed by atoms with Crippen molar-refractivity contribution in [3.05, 3.63) is 22.7 Å². The summed E-state index contributed by atoms with van der Waals surface area (Å²) in [7, 11) is 0. The molecule has 0 bridgehead atoms. The number of nitrogens with one attached hydrogen (secondary N) is 1. The number of hydrogen-bond acceptors (Lipinski definition) is 4. The summed E-state index contributed by atoms with van der Waals surface area (Å²) >= 11 is 0. The van der Waals surface area contributed by atoms with Crippen molar-refractivity contribution in [2.24, 2.45) is 5.92 Å². The second-order valence-corrected chi connectivity index (χ2v) is 4.89. The summed E-state index contributed by atoms with van der Waals surface area (Å²) in [6.07, 6.45) is 4.82. The van der Waals surface area contributed by atoms with Gasteiger partial charge in [0.1, 0.15) is 0 Å². The molecule has 5 heteroatoms. The molecule has 1 atom stereocenters. The van der Waals surface area contributed by atoms with E-state index >= 15 is 0 Å². The van der Waals surface area contributed by atoms with Gasteiger partial charge < -0.3 is 15.0 Å². The van der Waals surface area contributed by atoms with Crippen LogP contribution in [0.25, 0.3) is 0 Å². The molecule has 0 saturated heterocycles. The fourth-order valence-corrected chi connectivity index (χ4v) is 1.81. The van der Waals surface area contributed by atoms with Crippen molar-refractivity contribution in [1.29, 1.82) is 0 Å². The standard InChI is InChI=1S/C13H23N3O2/c1-4-11(5-8-17)15-12-13(18)16(7-6-14-12)9-10(2)3/h6-7,10-11,17H,4-5,8-9H2,1-3H3,(H,14,15). The Morgan fingerprint density at radius 3 is 2.78 bits per heavy atom. The van der Waals surface area contributed by atoms with Crippen LogP contribution in [0.15, 0.2) is 17.2 Å². The topological polar surface area (TPSA) is 67.2 Å². The zero-order valence-electron chi connectivity index (χ0n) is 11.4. The van der Waals surface area contributed by atoms with Gasteiger partial charge in [-0.15, -0.1) is 0 Å². The maximum Gasteiger partial charge on any atom is 0.293 e. The average molecular weight is 253 g/mol. The van der Waals surface area contributed by atoms with E-state index in [4.69, 9.17) is 5.11 Å². The lowest BCUT2D eigenvalue weighted by Crippen LogP contribution is -2.30. The third kappa shape index (κ3) is 4.14. The van der Waals surface area contributed by atoms with E-state index in [1.807, 2.05) is 6.92 Å². The predicted octanol–water partition coefficient (Wildman–Crippen LogP) is 1.47. The van der Waals surface area contributed by atoms with Crippen LogP contribution in [0.3, 0.4) is 0 Å². The fraction of sp³-hybridized carbons (Fsp3) is 0.692. The highest BCUT2D eigenvalue weighted by molar-refractivity contribution is 5.32. The van der Waals surface area contributed by atoms with Crippen LogP contribution in [0.2, 0.25) is 0 Å². The summed E-state index contributed by atoms with van der Waals surface area (Å²) < 4.78 is 1.67. The van der Waals surface area contributed by atoms with Gasteiger partial charge in [-0.25, -0.2) is 4.98 Å². The third-order valence-electron chi connectivity index (χ3n) is 2.79. The van der Waals surface area contributed by atoms with Gasteiger partial charge in [0.05, 0.1) is 0 Å². The maximum atomic E-state index is 12.1. The molecule has 0 aromatic carbocycles. The molecule has 0 radical (unpaired) electrons. The van der Waals surface area contributed by atoms with E-state index in [-0.39, 0.29) is 18.2 Å². The quantitative estimate of drug-likeness (QED) is 0.772. The minimum Gasteiger partial charge on any atom is -0.396 e. The zero-order valence-corrected chi connectivity index (χ0v) is 11.4. The number of hydrogen-bond donors (Lipinski definition) is 2. The molecule has 0 amide bonds. The van der Waals surface area contributed by atoms with Crippen molar-refractivity contribution in [3.8, 4) is 0 Å². The Hall–Kier alpha value is -1.36. The first-order valence-electron chi connectivity index (χ1n) is 6.51. The van der Waals surface area contributed by atoms with Gasteiger partial charge in [-0.2, -0.15) is 0 Å². The van der Waals surface area contributed by atoms with Crippen LogP contribution in [-0.4, -0.2) is 27.3 Å². The first-order chi connectivity index (χ1) is 8.58. The van der Waals surface area contributed by atoms with E-state index < -0.39 is 0 Å². The minimum atomic E-state index is -0.0948. The van der Waals surface area contributed by atoms with E-state index in [0.717, 1.165) is 6.42 Å². The molecule has 0 aliphatic rings. The van der Waals surface area contributed by atoms with Gasteiger partial charge in [0.2, 0.25) is 0 Å². The van der Waals surface area contributed by atoms with Crippen LogP contribution in [-0.2, 0) is 6.54 Å². The first kappa shape index (κ1) is 14.7. The Balaban J connectivity index is 2.86. The molecule has 0 fully saturated rings. The Labute approximate surface area is 108 Å². The number of aromatic nitrogens is 2. The van der Waals surface area contributed by atoms with Crippen LogP contribution in [0.4, 0.5) is 5.82 Å². The molecule has 1 rings (SSSR count). The van der Waals surface area contributed by atoms with Crippen molar-refractivity contribution in [1.82, 2.24) is 9.55 Å². The monoisotopic (exact) mass is 253 g/mol. The Morgan fingerprint density at radius 2 is 2.22 bits per heavy atom. The van der Waals surface area contributed by atoms with Gasteiger partial charge in [0.15, 0.2) is 5.82 Å². The normalized spacial score (nSPS) is 12.7. The molecular formula is C13H23N3O2. The number of nitrogens with zero attached hydrogens (tertiary/aromatic N) is 2. The lowest BCUT2D eigenvalue weighted by atomic mass is 10.1. The molecule has 0 spiro atoms. The molecular weight excluding hydrogens is 230 g/mol. The summed E-state index contributed by atoms with van der Waals surface area (Å²) in [6, 6.07) is 0.0881. The third-order valence-corrected chi connectivity index (χ3v) is 2.79. The molecule has 5 nitrogen and oxygen atoms in total. The van der Waals surface area contributed by atoms with Gasteiger partial charge in [-0.1, -0.05) is 20.8 Å². The van der Waals surface area contributed by atoms with Gasteiger partial charge >= 0.3 is 0 Å². The largest absolute Gasteiger partial charge is 0.396 e. The molecule has 0 aliphatic heterocycles. The van der Waals surface area contributed by atoms with E-state index in [1.54, 1.807) is 17.0 Å². The molecule has 0 saturated carbocycles. The number of aliphatic hydroxyl groups excluding tert-OH is 1. The first-order valence-corrected chi connectivity index (χ1v) is 6.51. The van der Waals surface area contributed by atoms with E-state index in [9.17, 15) is 4.79 Å². The van der Waals surface area contributed by atoms with Crippen LogP contribution in [0, 0.1) is 5.92 Å². The van der Waals surface area contributed by atoms with Gasteiger partial charge in [-0.05, 0) is 18.8 Å². The summed E-state index contributed by atoms with van der Waals surface area (Å²) in [5.41, 5.74) is -0.0948. The van der Waals surface area contributed by atoms with Gasteiger partial charge in [0.25, 0.3) is 5.56 Å².